The summed E-state index contributed by atoms with van der Waals surface area (Å²) in [5.74, 6) is -0.287. The maximum atomic E-state index is 12.5. The number of rotatable bonds is 3. The van der Waals surface area contributed by atoms with Crippen molar-refractivity contribution in [3.8, 4) is 0 Å². The lowest BCUT2D eigenvalue weighted by Gasteiger charge is -2.24. The van der Waals surface area contributed by atoms with E-state index in [1.54, 1.807) is 11.9 Å². The molecule has 0 spiro atoms. The minimum atomic E-state index is -4.04. The summed E-state index contributed by atoms with van der Waals surface area (Å²) in [7, 11) is -2.34. The molecule has 1 aliphatic rings. The fraction of sp³-hybridized carbons (Fsp3) is 0.462. The summed E-state index contributed by atoms with van der Waals surface area (Å²) in [4.78, 5) is 13.8. The molecular formula is C13H16Cl2N2O3S. The quantitative estimate of drug-likeness (QED) is 0.909. The number of nitrogens with zero attached hydrogens (tertiary/aromatic N) is 1. The molecule has 8 heteroatoms. The molecule has 1 aromatic carbocycles. The van der Waals surface area contributed by atoms with Gasteiger partial charge >= 0.3 is 0 Å². The number of amides is 1. The Morgan fingerprint density at radius 2 is 1.86 bits per heavy atom. The molecule has 1 fully saturated rings. The second-order valence-corrected chi connectivity index (χ2v) is 7.48. The molecule has 2 N–H and O–H groups in total. The van der Waals surface area contributed by atoms with Gasteiger partial charge in [0, 0.05) is 18.7 Å². The molecule has 1 aromatic rings. The van der Waals surface area contributed by atoms with Crippen LogP contribution in [0.1, 0.15) is 36.0 Å². The summed E-state index contributed by atoms with van der Waals surface area (Å²) < 4.78 is 23.0. The number of primary sulfonamides is 1. The fourth-order valence-corrected chi connectivity index (χ4v) is 3.91. The van der Waals surface area contributed by atoms with Gasteiger partial charge < -0.3 is 4.90 Å². The Morgan fingerprint density at radius 1 is 1.29 bits per heavy atom. The maximum Gasteiger partial charge on any atom is 0.253 e. The van der Waals surface area contributed by atoms with Crippen molar-refractivity contribution >= 4 is 39.1 Å². The second-order valence-electron chi connectivity index (χ2n) is 5.17. The summed E-state index contributed by atoms with van der Waals surface area (Å²) in [6.45, 7) is 0. The Kier molecular flexibility index (Phi) is 4.82. The van der Waals surface area contributed by atoms with Gasteiger partial charge in [0.1, 0.15) is 4.90 Å². The van der Waals surface area contributed by atoms with Crippen LogP contribution in [0.15, 0.2) is 17.0 Å². The summed E-state index contributed by atoms with van der Waals surface area (Å²) in [5, 5.41) is 4.92. The van der Waals surface area contributed by atoms with E-state index in [1.807, 2.05) is 0 Å². The molecule has 0 aliphatic heterocycles. The van der Waals surface area contributed by atoms with Crippen LogP contribution in [-0.4, -0.2) is 32.3 Å². The highest BCUT2D eigenvalue weighted by molar-refractivity contribution is 7.89. The lowest BCUT2D eigenvalue weighted by molar-refractivity contribution is 0.0735. The van der Waals surface area contributed by atoms with E-state index in [0.717, 1.165) is 25.7 Å². The molecule has 0 heterocycles. The monoisotopic (exact) mass is 350 g/mol. The largest absolute Gasteiger partial charge is 0.339 e. The molecule has 0 bridgehead atoms. The number of benzene rings is 1. The number of hydrogen-bond donors (Lipinski definition) is 1. The van der Waals surface area contributed by atoms with Crippen molar-refractivity contribution in [2.24, 2.45) is 5.14 Å². The third-order valence-corrected chi connectivity index (χ3v) is 5.59. The van der Waals surface area contributed by atoms with E-state index in [2.05, 4.69) is 0 Å². The van der Waals surface area contributed by atoms with Crippen LogP contribution in [-0.2, 0) is 10.0 Å². The lowest BCUT2D eigenvalue weighted by atomic mass is 10.1. The Morgan fingerprint density at radius 3 is 2.38 bits per heavy atom. The van der Waals surface area contributed by atoms with E-state index < -0.39 is 10.0 Å². The summed E-state index contributed by atoms with van der Waals surface area (Å²) in [5.41, 5.74) is 0.169. The van der Waals surface area contributed by atoms with Gasteiger partial charge in [0.15, 0.2) is 0 Å². The summed E-state index contributed by atoms with van der Waals surface area (Å²) in [6.07, 6.45) is 4.08. The van der Waals surface area contributed by atoms with E-state index in [4.69, 9.17) is 28.3 Å². The molecule has 116 valence electrons. The van der Waals surface area contributed by atoms with Gasteiger partial charge in [-0.1, -0.05) is 36.0 Å². The van der Waals surface area contributed by atoms with Gasteiger partial charge in [0.2, 0.25) is 10.0 Å². The lowest BCUT2D eigenvalue weighted by Crippen LogP contribution is -2.35. The normalized spacial score (nSPS) is 16.2. The van der Waals surface area contributed by atoms with Gasteiger partial charge in [-0.25, -0.2) is 13.6 Å². The predicted octanol–water partition coefficient (Wildman–Crippen LogP) is 2.66. The van der Waals surface area contributed by atoms with E-state index in [0.29, 0.717) is 0 Å². The Hall–Kier alpha value is -0.820. The van der Waals surface area contributed by atoms with Gasteiger partial charge in [-0.05, 0) is 25.0 Å². The topological polar surface area (TPSA) is 80.5 Å². The first-order valence-corrected chi connectivity index (χ1v) is 8.81. The molecule has 5 nitrogen and oxygen atoms in total. The zero-order valence-corrected chi connectivity index (χ0v) is 13.8. The number of carbonyl (C=O) groups excluding carboxylic acids is 1. The van der Waals surface area contributed by atoms with Crippen molar-refractivity contribution in [2.75, 3.05) is 7.05 Å². The van der Waals surface area contributed by atoms with Crippen LogP contribution in [0.3, 0.4) is 0 Å². The molecule has 1 amide bonds. The minimum absolute atomic E-state index is 0.00800. The predicted molar refractivity (Wildman–Crippen MR) is 82.2 cm³/mol. The van der Waals surface area contributed by atoms with Crippen LogP contribution >= 0.6 is 23.2 Å². The third kappa shape index (κ3) is 3.51. The van der Waals surface area contributed by atoms with Gasteiger partial charge in [-0.3, -0.25) is 4.79 Å². The second kappa shape index (κ2) is 6.12. The number of halogens is 2. The molecule has 0 radical (unpaired) electrons. The van der Waals surface area contributed by atoms with Crippen molar-refractivity contribution in [2.45, 2.75) is 36.6 Å². The molecule has 0 atom stereocenters. The standard InChI is InChI=1S/C13H16Cl2N2O3S/c1-17(9-4-2-3-5-9)13(18)8-6-10(14)12(15)11(7-8)21(16,19)20/h6-7,9H,2-5H2,1H3,(H2,16,19,20). The molecule has 0 unspecified atom stereocenters. The van der Waals surface area contributed by atoms with Crippen LogP contribution in [0.4, 0.5) is 0 Å². The van der Waals surface area contributed by atoms with Crippen molar-refractivity contribution < 1.29 is 13.2 Å². The highest BCUT2D eigenvalue weighted by atomic mass is 35.5. The Bertz CT molecular complexity index is 670. The van der Waals surface area contributed by atoms with Crippen LogP contribution < -0.4 is 5.14 Å². The number of hydrogen-bond acceptors (Lipinski definition) is 3. The maximum absolute atomic E-state index is 12.5. The molecule has 1 aliphatic carbocycles. The van der Waals surface area contributed by atoms with Crippen LogP contribution in [0.5, 0.6) is 0 Å². The van der Waals surface area contributed by atoms with Gasteiger partial charge in [0.25, 0.3) is 5.91 Å². The molecule has 2 rings (SSSR count). The number of sulfonamides is 1. The SMILES string of the molecule is CN(C(=O)c1cc(Cl)c(Cl)c(S(N)(=O)=O)c1)C1CCCC1. The zero-order chi connectivity index (χ0) is 15.8. The fourth-order valence-electron chi connectivity index (χ4n) is 2.56. The Balaban J connectivity index is 2.40. The van der Waals surface area contributed by atoms with Crippen molar-refractivity contribution in [1.82, 2.24) is 4.90 Å². The van der Waals surface area contributed by atoms with Gasteiger partial charge in [-0.2, -0.15) is 0 Å². The van der Waals surface area contributed by atoms with Crippen LogP contribution in [0.2, 0.25) is 10.0 Å². The van der Waals surface area contributed by atoms with Crippen molar-refractivity contribution in [3.63, 3.8) is 0 Å². The Labute approximate surface area is 134 Å². The smallest absolute Gasteiger partial charge is 0.253 e. The molecular weight excluding hydrogens is 335 g/mol. The van der Waals surface area contributed by atoms with E-state index >= 15 is 0 Å². The zero-order valence-electron chi connectivity index (χ0n) is 11.5. The molecule has 0 aromatic heterocycles. The van der Waals surface area contributed by atoms with Gasteiger partial charge in [0.05, 0.1) is 10.0 Å². The highest BCUT2D eigenvalue weighted by Crippen LogP contribution is 2.31. The minimum Gasteiger partial charge on any atom is -0.339 e. The van der Waals surface area contributed by atoms with Crippen LogP contribution in [0, 0.1) is 0 Å². The van der Waals surface area contributed by atoms with Crippen LogP contribution in [0.25, 0.3) is 0 Å². The van der Waals surface area contributed by atoms with Gasteiger partial charge in [-0.15, -0.1) is 0 Å². The average Bonchev–Trinajstić information content (AvgIpc) is 2.92. The highest BCUT2D eigenvalue weighted by Gasteiger charge is 2.26. The first-order valence-electron chi connectivity index (χ1n) is 6.51. The number of carbonyl (C=O) groups is 1. The summed E-state index contributed by atoms with van der Waals surface area (Å²) >= 11 is 11.8. The number of nitrogens with two attached hydrogens (primary N) is 1. The van der Waals surface area contributed by atoms with E-state index in [-0.39, 0.29) is 32.5 Å². The van der Waals surface area contributed by atoms with Crippen molar-refractivity contribution in [1.29, 1.82) is 0 Å². The first kappa shape index (κ1) is 16.5. The van der Waals surface area contributed by atoms with E-state index in [9.17, 15) is 13.2 Å². The molecule has 1 saturated carbocycles. The summed E-state index contributed by atoms with van der Waals surface area (Å²) in [6, 6.07) is 2.72. The van der Waals surface area contributed by atoms with E-state index in [1.165, 1.54) is 12.1 Å². The first-order chi connectivity index (χ1) is 9.71. The third-order valence-electron chi connectivity index (χ3n) is 3.74. The molecule has 0 saturated heterocycles. The average molecular weight is 351 g/mol. The van der Waals surface area contributed by atoms with Crippen molar-refractivity contribution in [3.05, 3.63) is 27.7 Å². The molecule has 21 heavy (non-hydrogen) atoms.